The van der Waals surface area contributed by atoms with Crippen LogP contribution in [0.2, 0.25) is 0 Å². The first-order valence-corrected chi connectivity index (χ1v) is 20.4. The van der Waals surface area contributed by atoms with Crippen molar-refractivity contribution in [2.24, 2.45) is 56.2 Å². The van der Waals surface area contributed by atoms with Crippen LogP contribution >= 0.6 is 0 Å². The van der Waals surface area contributed by atoms with Gasteiger partial charge in [0.05, 0.1) is 12.6 Å². The zero-order valence-corrected chi connectivity index (χ0v) is 36.6. The number of carbonyl (C=O) groups excluding carboxylic acids is 8. The van der Waals surface area contributed by atoms with Gasteiger partial charge in [0.1, 0.15) is 42.8 Å². The Kier molecular flexibility index (Phi) is 26.9. The number of aliphatic carboxylic acids is 1. The molecule has 0 aromatic rings. The standard InChI is InChI=1S/C37H69N15O11/c1-18(2)14-24(31(59)46-16-28(55)56)51-35(63)26(17-53)52-29(57)20(5)47-32(60)22(8-6-12-44-36(40)41)48-33(61)23(9-7-13-45-37(42)43)49-34(62)25(15-19(3)4)50-30(58)21(38)10-11-27(39)54/h18-26,53H,6-17,38H2,1-5H3,(H2,39,54)(H,46,59)(H,47,60)(H,48,61)(H,49,62)(H,50,58)(H,51,63)(H,52,57)(H,55,56)(H4,40,41,44)(H4,42,43,45)/t20-,21-,22-,23-,24-,25-,26-/m0/s1. The fourth-order valence-corrected chi connectivity index (χ4v) is 5.63. The minimum Gasteiger partial charge on any atom is -0.480 e. The monoisotopic (exact) mass is 900 g/mol. The van der Waals surface area contributed by atoms with Gasteiger partial charge in [0.2, 0.25) is 47.3 Å². The van der Waals surface area contributed by atoms with E-state index in [1.807, 2.05) is 0 Å². The molecule has 8 amide bonds. The van der Waals surface area contributed by atoms with E-state index in [-0.39, 0.29) is 88.2 Å². The van der Waals surface area contributed by atoms with E-state index in [1.165, 1.54) is 6.92 Å². The molecule has 21 N–H and O–H groups in total. The van der Waals surface area contributed by atoms with Gasteiger partial charge in [-0.05, 0) is 63.7 Å². The molecule has 358 valence electrons. The summed E-state index contributed by atoms with van der Waals surface area (Å²) in [5, 5.41) is 35.9. The Morgan fingerprint density at radius 3 is 1.35 bits per heavy atom. The van der Waals surface area contributed by atoms with Crippen molar-refractivity contribution < 1.29 is 53.4 Å². The van der Waals surface area contributed by atoms with Crippen LogP contribution in [0.15, 0.2) is 9.98 Å². The van der Waals surface area contributed by atoms with Gasteiger partial charge in [0.25, 0.3) is 0 Å². The summed E-state index contributed by atoms with van der Waals surface area (Å²) in [4.78, 5) is 123. The zero-order chi connectivity index (χ0) is 48.4. The van der Waals surface area contributed by atoms with Crippen molar-refractivity contribution in [3.05, 3.63) is 0 Å². The Morgan fingerprint density at radius 2 is 0.921 bits per heavy atom. The van der Waals surface area contributed by atoms with Gasteiger partial charge < -0.3 is 81.8 Å². The molecule has 63 heavy (non-hydrogen) atoms. The molecule has 0 fully saturated rings. The summed E-state index contributed by atoms with van der Waals surface area (Å²) in [5.74, 6) is -8.64. The molecular weight excluding hydrogens is 831 g/mol. The van der Waals surface area contributed by atoms with Gasteiger partial charge in [-0.15, -0.1) is 0 Å². The fraction of sp³-hybridized carbons (Fsp3) is 0.703. The van der Waals surface area contributed by atoms with Crippen LogP contribution in [0.4, 0.5) is 0 Å². The molecule has 0 aliphatic heterocycles. The Morgan fingerprint density at radius 1 is 0.524 bits per heavy atom. The lowest BCUT2D eigenvalue weighted by molar-refractivity contribution is -0.138. The largest absolute Gasteiger partial charge is 0.480 e. The second-order valence-electron chi connectivity index (χ2n) is 15.6. The van der Waals surface area contributed by atoms with Crippen molar-refractivity contribution in [3.63, 3.8) is 0 Å². The summed E-state index contributed by atoms with van der Waals surface area (Å²) in [6, 6.07) is -9.24. The number of carboxylic acids is 1. The SMILES string of the molecule is CC(C)C[C@H](NC(=O)[C@H](CO)NC(=O)[C@H](C)NC(=O)[C@H](CCCN=C(N)N)NC(=O)[C@H](CCCN=C(N)N)NC(=O)[C@H](CC(C)C)NC(=O)[C@@H](N)CCC(N)=O)C(=O)NCC(=O)O. The second-order valence-corrected chi connectivity index (χ2v) is 15.6. The van der Waals surface area contributed by atoms with E-state index in [9.17, 15) is 48.3 Å². The normalized spacial score (nSPS) is 14.2. The maximum atomic E-state index is 13.9. The Labute approximate surface area is 366 Å². The molecule has 26 heteroatoms. The van der Waals surface area contributed by atoms with Gasteiger partial charge in [-0.2, -0.15) is 0 Å². The Hall–Kier alpha value is -6.31. The number of primary amides is 1. The van der Waals surface area contributed by atoms with Crippen LogP contribution in [-0.2, 0) is 43.2 Å². The summed E-state index contributed by atoms with van der Waals surface area (Å²) < 4.78 is 0. The zero-order valence-electron chi connectivity index (χ0n) is 36.6. The van der Waals surface area contributed by atoms with Gasteiger partial charge >= 0.3 is 5.97 Å². The van der Waals surface area contributed by atoms with Crippen LogP contribution in [0.3, 0.4) is 0 Å². The van der Waals surface area contributed by atoms with E-state index in [0.717, 1.165) is 0 Å². The average molecular weight is 900 g/mol. The predicted molar refractivity (Wildman–Crippen MR) is 230 cm³/mol. The minimum atomic E-state index is -1.60. The second kappa shape index (κ2) is 29.9. The van der Waals surface area contributed by atoms with Crippen LogP contribution in [0.1, 0.15) is 86.0 Å². The third-order valence-electron chi connectivity index (χ3n) is 8.86. The molecule has 0 aliphatic carbocycles. The quantitative estimate of drug-likeness (QED) is 0.0175. The highest BCUT2D eigenvalue weighted by molar-refractivity contribution is 5.97. The van der Waals surface area contributed by atoms with Crippen molar-refractivity contribution in [2.45, 2.75) is 128 Å². The van der Waals surface area contributed by atoms with Gasteiger partial charge in [-0.25, -0.2) is 0 Å². The van der Waals surface area contributed by atoms with Crippen LogP contribution in [0, 0.1) is 11.8 Å². The van der Waals surface area contributed by atoms with Crippen molar-refractivity contribution in [1.29, 1.82) is 0 Å². The van der Waals surface area contributed by atoms with Gasteiger partial charge in [0.15, 0.2) is 11.9 Å². The molecule has 0 aliphatic rings. The number of aliphatic imine (C=N–C) groups is 2. The molecule has 0 bridgehead atoms. The van der Waals surface area contributed by atoms with Gasteiger partial charge in [0, 0.05) is 19.5 Å². The minimum absolute atomic E-state index is 0.0360. The summed E-state index contributed by atoms with van der Waals surface area (Å²) in [6.07, 6.45) is 0.133. The molecule has 0 spiro atoms. The highest BCUT2D eigenvalue weighted by atomic mass is 16.4. The number of hydrogen-bond acceptors (Lipinski definition) is 13. The number of guanidine groups is 2. The summed E-state index contributed by atoms with van der Waals surface area (Å²) in [5.41, 5.74) is 32.8. The van der Waals surface area contributed by atoms with E-state index >= 15 is 0 Å². The molecular formula is C37H69N15O11. The number of hydrogen-bond donors (Lipinski definition) is 15. The molecule has 0 radical (unpaired) electrons. The van der Waals surface area contributed by atoms with E-state index in [4.69, 9.17) is 39.5 Å². The smallest absolute Gasteiger partial charge is 0.322 e. The van der Waals surface area contributed by atoms with Gasteiger partial charge in [-0.3, -0.25) is 53.1 Å². The number of rotatable bonds is 31. The van der Waals surface area contributed by atoms with Crippen molar-refractivity contribution >= 4 is 65.1 Å². The van der Waals surface area contributed by atoms with E-state index in [1.54, 1.807) is 27.7 Å². The topological polar surface area (TPSA) is 459 Å². The van der Waals surface area contributed by atoms with Crippen LogP contribution < -0.4 is 71.6 Å². The molecule has 0 aromatic carbocycles. The molecule has 0 aromatic heterocycles. The highest BCUT2D eigenvalue weighted by Crippen LogP contribution is 2.10. The number of nitrogens with one attached hydrogen (secondary N) is 7. The lowest BCUT2D eigenvalue weighted by Crippen LogP contribution is -2.60. The van der Waals surface area contributed by atoms with E-state index in [0.29, 0.717) is 0 Å². The number of amides is 8. The number of carbonyl (C=O) groups is 9. The lowest BCUT2D eigenvalue weighted by atomic mass is 10.0. The lowest BCUT2D eigenvalue weighted by Gasteiger charge is -2.27. The first kappa shape index (κ1) is 56.7. The van der Waals surface area contributed by atoms with E-state index < -0.39 is 109 Å². The molecule has 0 rings (SSSR count). The first-order chi connectivity index (χ1) is 29.4. The number of carboxylic acid groups (broad SMARTS) is 1. The van der Waals surface area contributed by atoms with Crippen LogP contribution in [0.5, 0.6) is 0 Å². The predicted octanol–water partition coefficient (Wildman–Crippen LogP) is -6.10. The maximum absolute atomic E-state index is 13.9. The molecule has 0 heterocycles. The molecule has 26 nitrogen and oxygen atoms in total. The average Bonchev–Trinajstić information content (AvgIpc) is 3.18. The Bertz CT molecular complexity index is 1620. The van der Waals surface area contributed by atoms with Crippen molar-refractivity contribution in [1.82, 2.24) is 37.2 Å². The highest BCUT2D eigenvalue weighted by Gasteiger charge is 2.33. The summed E-state index contributed by atoms with van der Waals surface area (Å²) >= 11 is 0. The summed E-state index contributed by atoms with van der Waals surface area (Å²) in [6.45, 7) is 6.81. The van der Waals surface area contributed by atoms with Crippen molar-refractivity contribution in [3.8, 4) is 0 Å². The Balaban J connectivity index is 6.33. The van der Waals surface area contributed by atoms with Gasteiger partial charge in [-0.1, -0.05) is 27.7 Å². The number of aliphatic hydroxyl groups excluding tert-OH is 1. The maximum Gasteiger partial charge on any atom is 0.322 e. The van der Waals surface area contributed by atoms with Crippen LogP contribution in [-0.4, -0.2) is 144 Å². The van der Waals surface area contributed by atoms with Crippen LogP contribution in [0.25, 0.3) is 0 Å². The number of nitrogens with zero attached hydrogens (tertiary/aromatic N) is 2. The molecule has 0 saturated carbocycles. The first-order valence-electron chi connectivity index (χ1n) is 20.4. The number of nitrogens with two attached hydrogens (primary N) is 6. The third kappa shape index (κ3) is 25.3. The summed E-state index contributed by atoms with van der Waals surface area (Å²) in [7, 11) is 0. The fourth-order valence-electron chi connectivity index (χ4n) is 5.63. The molecule has 7 atom stereocenters. The molecule has 0 unspecified atom stereocenters. The molecule has 0 saturated heterocycles. The third-order valence-corrected chi connectivity index (χ3v) is 8.86. The van der Waals surface area contributed by atoms with E-state index in [2.05, 4.69) is 47.2 Å². The van der Waals surface area contributed by atoms with Crippen molar-refractivity contribution in [2.75, 3.05) is 26.2 Å². The number of aliphatic hydroxyl groups is 1.